The zero-order valence-corrected chi connectivity index (χ0v) is 8.64. The lowest BCUT2D eigenvalue weighted by atomic mass is 10.4. The lowest BCUT2D eigenvalue weighted by Crippen LogP contribution is -2.41. The van der Waals surface area contributed by atoms with Gasteiger partial charge in [-0.1, -0.05) is 11.0 Å². The average molecular weight is 197 g/mol. The molecule has 0 unspecified atom stereocenters. The van der Waals surface area contributed by atoms with Crippen molar-refractivity contribution in [3.63, 3.8) is 0 Å². The highest BCUT2D eigenvalue weighted by molar-refractivity contribution is 8.20. The Bertz CT molecular complexity index is 126. The summed E-state index contributed by atoms with van der Waals surface area (Å²) in [7, 11) is -1.24. The third-order valence-electron chi connectivity index (χ3n) is 1.50. The normalized spacial score (nSPS) is 14.3. The van der Waals surface area contributed by atoms with E-state index in [9.17, 15) is 9.11 Å². The summed E-state index contributed by atoms with van der Waals surface area (Å²) in [5, 5.41) is 8.13. The molecule has 76 valence electrons. The van der Waals surface area contributed by atoms with E-state index in [2.05, 4.69) is 5.32 Å². The molecule has 0 rings (SSSR count). The lowest BCUT2D eigenvalue weighted by molar-refractivity contribution is 0.307. The van der Waals surface area contributed by atoms with E-state index in [0.29, 0.717) is 13.1 Å². The fourth-order valence-electron chi connectivity index (χ4n) is 0.925. The highest BCUT2D eigenvalue weighted by Gasteiger charge is 2.20. The van der Waals surface area contributed by atoms with Crippen LogP contribution in [0.2, 0.25) is 0 Å². The van der Waals surface area contributed by atoms with Gasteiger partial charge in [-0.25, -0.2) is 5.14 Å². The number of hydrogen-bond donors (Lipinski definition) is 4. The molecule has 0 aliphatic rings. The van der Waals surface area contributed by atoms with Gasteiger partial charge in [-0.3, -0.25) is 9.11 Å². The predicted molar refractivity (Wildman–Crippen MR) is 52.8 cm³/mol. The summed E-state index contributed by atoms with van der Waals surface area (Å²) in [5.74, 6) is 0. The number of nitrogens with two attached hydrogens (primary N) is 1. The maximum atomic E-state index is 9.19. The minimum absolute atomic E-state index is 0.0355. The molecule has 0 aromatic heterocycles. The number of likely N-dealkylation sites (N-methyl/N-ethyl adjacent to an activating group) is 1. The molecule has 5 nitrogen and oxygen atoms in total. The summed E-state index contributed by atoms with van der Waals surface area (Å²) in [6.45, 7) is 4.96. The van der Waals surface area contributed by atoms with Crippen LogP contribution in [-0.4, -0.2) is 39.6 Å². The number of rotatable bonds is 5. The summed E-state index contributed by atoms with van der Waals surface area (Å²) >= 11 is 0. The molecule has 0 radical (unpaired) electrons. The molecule has 0 atom stereocenters. The largest absolute Gasteiger partial charge is 0.318 e. The van der Waals surface area contributed by atoms with E-state index in [1.54, 1.807) is 7.05 Å². The minimum atomic E-state index is -3.04. The Morgan fingerprint density at radius 1 is 1.50 bits per heavy atom. The molecule has 0 aliphatic heterocycles. The molecule has 5 N–H and O–H groups in total. The summed E-state index contributed by atoms with van der Waals surface area (Å²) < 4.78 is 19.9. The highest BCUT2D eigenvalue weighted by atomic mass is 32.3. The molecule has 0 amide bonds. The van der Waals surface area contributed by atoms with Gasteiger partial charge in [0.2, 0.25) is 0 Å². The van der Waals surface area contributed by atoms with Crippen molar-refractivity contribution in [1.82, 2.24) is 9.62 Å². The zero-order valence-electron chi connectivity index (χ0n) is 7.82. The fourth-order valence-corrected chi connectivity index (χ4v) is 1.91. The molecule has 12 heavy (non-hydrogen) atoms. The van der Waals surface area contributed by atoms with E-state index in [0.717, 1.165) is 0 Å². The molecule has 6 heteroatoms. The minimum Gasteiger partial charge on any atom is -0.318 e. The summed E-state index contributed by atoms with van der Waals surface area (Å²) in [6, 6.07) is 0.0355. The van der Waals surface area contributed by atoms with Crippen LogP contribution in [0.25, 0.3) is 0 Å². The van der Waals surface area contributed by atoms with Crippen molar-refractivity contribution < 1.29 is 9.11 Å². The van der Waals surface area contributed by atoms with Crippen molar-refractivity contribution in [3.8, 4) is 0 Å². The van der Waals surface area contributed by atoms with E-state index in [1.165, 1.54) is 4.31 Å². The van der Waals surface area contributed by atoms with Gasteiger partial charge in [-0.15, -0.1) is 0 Å². The van der Waals surface area contributed by atoms with Crippen LogP contribution in [0.15, 0.2) is 0 Å². The van der Waals surface area contributed by atoms with Crippen molar-refractivity contribution >= 4 is 11.0 Å². The van der Waals surface area contributed by atoms with Gasteiger partial charge in [-0.05, 0) is 20.9 Å². The van der Waals surface area contributed by atoms with E-state index in [4.69, 9.17) is 5.14 Å². The Hall–Kier alpha value is 0.150. The van der Waals surface area contributed by atoms with Crippen LogP contribution < -0.4 is 10.5 Å². The van der Waals surface area contributed by atoms with Crippen molar-refractivity contribution in [2.45, 2.75) is 19.9 Å². The van der Waals surface area contributed by atoms with Gasteiger partial charge in [-0.2, -0.15) is 4.31 Å². The van der Waals surface area contributed by atoms with Gasteiger partial charge in [0.15, 0.2) is 0 Å². The standard InChI is InChI=1S/C6H19N3O2S/c1-6(2)9(5-4-8-3)12(7,10)11/h6,8,10-11H,4-5,7H2,1-3H3. The zero-order chi connectivity index (χ0) is 9.78. The second kappa shape index (κ2) is 5.00. The van der Waals surface area contributed by atoms with Crippen molar-refractivity contribution in [2.75, 3.05) is 20.1 Å². The smallest absolute Gasteiger partial charge is 0.0319 e. The van der Waals surface area contributed by atoms with Gasteiger partial charge in [0, 0.05) is 19.1 Å². The highest BCUT2D eigenvalue weighted by Crippen LogP contribution is 2.35. The van der Waals surface area contributed by atoms with Crippen LogP contribution in [0.1, 0.15) is 13.8 Å². The van der Waals surface area contributed by atoms with E-state index < -0.39 is 11.0 Å². The van der Waals surface area contributed by atoms with Crippen LogP contribution in [0.4, 0.5) is 0 Å². The fraction of sp³-hybridized carbons (Fsp3) is 1.00. The monoisotopic (exact) mass is 197 g/mol. The topological polar surface area (TPSA) is 81.8 Å². The molecule has 0 fully saturated rings. The quantitative estimate of drug-likeness (QED) is 0.514. The van der Waals surface area contributed by atoms with Crippen LogP contribution in [0, 0.1) is 0 Å². The van der Waals surface area contributed by atoms with Crippen LogP contribution in [-0.2, 0) is 0 Å². The third kappa shape index (κ3) is 4.24. The van der Waals surface area contributed by atoms with E-state index in [-0.39, 0.29) is 6.04 Å². The first kappa shape index (κ1) is 12.2. The number of nitrogens with zero attached hydrogens (tertiary/aromatic N) is 1. The number of nitrogens with one attached hydrogen (secondary N) is 1. The Labute approximate surface area is 75.5 Å². The molecule has 0 heterocycles. The van der Waals surface area contributed by atoms with Gasteiger partial charge in [0.05, 0.1) is 0 Å². The second-order valence-corrected chi connectivity index (χ2v) is 4.49. The van der Waals surface area contributed by atoms with Crippen molar-refractivity contribution in [3.05, 3.63) is 0 Å². The van der Waals surface area contributed by atoms with E-state index in [1.807, 2.05) is 13.8 Å². The first-order chi connectivity index (χ1) is 5.39. The Morgan fingerprint density at radius 3 is 2.25 bits per heavy atom. The number of hydrogen-bond acceptors (Lipinski definition) is 5. The molecule has 0 saturated heterocycles. The second-order valence-electron chi connectivity index (χ2n) is 2.90. The summed E-state index contributed by atoms with van der Waals surface area (Å²) in [6.07, 6.45) is 0. The van der Waals surface area contributed by atoms with Crippen LogP contribution in [0.5, 0.6) is 0 Å². The molecule has 0 spiro atoms. The van der Waals surface area contributed by atoms with Crippen molar-refractivity contribution in [2.24, 2.45) is 5.14 Å². The van der Waals surface area contributed by atoms with E-state index >= 15 is 0 Å². The van der Waals surface area contributed by atoms with Crippen LogP contribution in [0.3, 0.4) is 0 Å². The Kier molecular flexibility index (Phi) is 5.07. The Morgan fingerprint density at radius 2 is 2.00 bits per heavy atom. The van der Waals surface area contributed by atoms with Gasteiger partial charge < -0.3 is 5.32 Å². The molecule has 0 aromatic carbocycles. The average Bonchev–Trinajstić information content (AvgIpc) is 1.84. The maximum Gasteiger partial charge on any atom is 0.0319 e. The van der Waals surface area contributed by atoms with Crippen molar-refractivity contribution in [1.29, 1.82) is 0 Å². The first-order valence-corrected chi connectivity index (χ1v) is 5.43. The molecule has 0 aromatic rings. The summed E-state index contributed by atoms with van der Waals surface area (Å²) in [5.41, 5.74) is 0. The molecule has 0 bridgehead atoms. The molecular formula is C6H19N3O2S. The van der Waals surface area contributed by atoms with Gasteiger partial charge in [0.1, 0.15) is 0 Å². The van der Waals surface area contributed by atoms with Gasteiger partial charge in [0.25, 0.3) is 0 Å². The SMILES string of the molecule is CNCCN(C(C)C)S(N)(O)O. The van der Waals surface area contributed by atoms with Gasteiger partial charge >= 0.3 is 0 Å². The molecule has 0 aliphatic carbocycles. The molecule has 0 saturated carbocycles. The van der Waals surface area contributed by atoms with Crippen LogP contribution >= 0.6 is 11.0 Å². The Balaban J connectivity index is 4.05. The summed E-state index contributed by atoms with van der Waals surface area (Å²) in [4.78, 5) is 0. The predicted octanol–water partition coefficient (Wildman–Crippen LogP) is 0.456. The lowest BCUT2D eigenvalue weighted by Gasteiger charge is -2.41. The maximum absolute atomic E-state index is 9.19. The third-order valence-corrected chi connectivity index (χ3v) is 2.80. The first-order valence-electron chi connectivity index (χ1n) is 3.87. The molecular weight excluding hydrogens is 178 g/mol.